The fraction of sp³-hybridized carbons (Fsp3) is 0.0909. The number of hydrogen-bond donors (Lipinski definition) is 0. The molecule has 3 nitrogen and oxygen atoms in total. The molecule has 2 heterocycles. The first kappa shape index (κ1) is 12.6. The Balaban J connectivity index is 2.24. The van der Waals surface area contributed by atoms with Gasteiger partial charge in [-0.3, -0.25) is 14.5 Å². The van der Waals surface area contributed by atoms with Crippen molar-refractivity contribution in [3.8, 4) is 0 Å². The minimum absolute atomic E-state index is 0.239. The number of carbonyl (C=O) groups is 2. The summed E-state index contributed by atoms with van der Waals surface area (Å²) in [6.45, 7) is 3.79. The van der Waals surface area contributed by atoms with Gasteiger partial charge in [0.15, 0.2) is 0 Å². The van der Waals surface area contributed by atoms with E-state index in [1.165, 1.54) is 16.2 Å². The van der Waals surface area contributed by atoms with Crippen LogP contribution in [0.4, 0.5) is 4.79 Å². The van der Waals surface area contributed by atoms with Crippen molar-refractivity contribution < 1.29 is 9.59 Å². The predicted octanol–water partition coefficient (Wildman–Crippen LogP) is 3.73. The van der Waals surface area contributed by atoms with Crippen LogP contribution >= 0.6 is 39.0 Å². The summed E-state index contributed by atoms with van der Waals surface area (Å²) in [5.41, 5.74) is 0. The maximum Gasteiger partial charge on any atom is 0.293 e. The standard InChI is InChI=1S/C11H8BrNO2S2/c1-2-3-13-10(14)9(17-11(13)15)5-8-4-7(12)6-16-8/h2,4-6H,1,3H2/b9-5+. The molecule has 0 unspecified atom stereocenters. The number of imide groups is 1. The molecule has 0 spiro atoms. The summed E-state index contributed by atoms with van der Waals surface area (Å²) in [6.07, 6.45) is 3.28. The molecule has 0 aliphatic carbocycles. The van der Waals surface area contributed by atoms with Gasteiger partial charge < -0.3 is 0 Å². The summed E-state index contributed by atoms with van der Waals surface area (Å²) >= 11 is 5.83. The zero-order chi connectivity index (χ0) is 12.4. The zero-order valence-electron chi connectivity index (χ0n) is 8.68. The maximum atomic E-state index is 11.9. The van der Waals surface area contributed by atoms with Crippen LogP contribution in [0, 0.1) is 0 Å². The van der Waals surface area contributed by atoms with E-state index in [1.807, 2.05) is 11.4 Å². The van der Waals surface area contributed by atoms with Crippen LogP contribution in [-0.4, -0.2) is 22.6 Å². The van der Waals surface area contributed by atoms with Crippen LogP contribution < -0.4 is 0 Å². The predicted molar refractivity (Wildman–Crippen MR) is 74.9 cm³/mol. The van der Waals surface area contributed by atoms with Crippen LogP contribution in [0.5, 0.6) is 0 Å². The third-order valence-electron chi connectivity index (χ3n) is 2.05. The molecule has 0 N–H and O–H groups in total. The lowest BCUT2D eigenvalue weighted by Gasteiger charge is -2.07. The number of carbonyl (C=O) groups excluding carboxylic acids is 2. The first-order valence-corrected chi connectivity index (χ1v) is 7.21. The largest absolute Gasteiger partial charge is 0.293 e. The van der Waals surface area contributed by atoms with Crippen molar-refractivity contribution in [3.05, 3.63) is 38.4 Å². The Hall–Kier alpha value is -0.850. The van der Waals surface area contributed by atoms with Crippen molar-refractivity contribution in [2.75, 3.05) is 6.54 Å². The molecule has 1 aromatic heterocycles. The summed E-state index contributed by atoms with van der Waals surface area (Å²) in [5.74, 6) is -0.246. The van der Waals surface area contributed by atoms with Crippen molar-refractivity contribution in [3.63, 3.8) is 0 Å². The molecule has 6 heteroatoms. The maximum absolute atomic E-state index is 11.9. The fourth-order valence-electron chi connectivity index (χ4n) is 1.32. The van der Waals surface area contributed by atoms with Crippen molar-refractivity contribution in [2.24, 2.45) is 0 Å². The number of rotatable bonds is 3. The highest BCUT2D eigenvalue weighted by Gasteiger charge is 2.34. The number of halogens is 1. The summed E-state index contributed by atoms with van der Waals surface area (Å²) in [6, 6.07) is 1.91. The van der Waals surface area contributed by atoms with Crippen LogP contribution in [0.1, 0.15) is 4.88 Å². The van der Waals surface area contributed by atoms with E-state index in [0.29, 0.717) is 4.91 Å². The van der Waals surface area contributed by atoms with Gasteiger partial charge in [-0.05, 0) is 39.8 Å². The number of thiophene rings is 1. The minimum Gasteiger partial charge on any atom is -0.268 e. The Morgan fingerprint density at radius 3 is 2.82 bits per heavy atom. The molecule has 0 radical (unpaired) electrons. The molecule has 0 saturated carbocycles. The molecule has 1 saturated heterocycles. The van der Waals surface area contributed by atoms with Crippen molar-refractivity contribution in [1.82, 2.24) is 4.90 Å². The Morgan fingerprint density at radius 1 is 1.47 bits per heavy atom. The Kier molecular flexibility index (Phi) is 3.86. The smallest absolute Gasteiger partial charge is 0.268 e. The van der Waals surface area contributed by atoms with Gasteiger partial charge in [0.2, 0.25) is 0 Å². The number of nitrogens with zero attached hydrogens (tertiary/aromatic N) is 1. The highest BCUT2D eigenvalue weighted by atomic mass is 79.9. The second kappa shape index (κ2) is 5.20. The summed E-state index contributed by atoms with van der Waals surface area (Å²) in [5, 5.41) is 1.69. The molecular weight excluding hydrogens is 322 g/mol. The average Bonchev–Trinajstić information content (AvgIpc) is 2.79. The van der Waals surface area contributed by atoms with Crippen LogP contribution in [0.2, 0.25) is 0 Å². The van der Waals surface area contributed by atoms with Gasteiger partial charge in [-0.25, -0.2) is 0 Å². The topological polar surface area (TPSA) is 37.4 Å². The molecule has 1 aliphatic rings. The fourth-order valence-corrected chi connectivity index (χ4v) is 3.61. The SMILES string of the molecule is C=CCN1C(=O)S/C(=C/c2cc(Br)cs2)C1=O. The molecule has 2 amide bonds. The summed E-state index contributed by atoms with van der Waals surface area (Å²) in [7, 11) is 0. The van der Waals surface area contributed by atoms with Crippen LogP contribution in [0.25, 0.3) is 6.08 Å². The van der Waals surface area contributed by atoms with E-state index in [0.717, 1.165) is 21.1 Å². The molecule has 17 heavy (non-hydrogen) atoms. The Morgan fingerprint density at radius 2 is 2.24 bits per heavy atom. The van der Waals surface area contributed by atoms with Crippen LogP contribution in [-0.2, 0) is 4.79 Å². The molecular formula is C11H8BrNO2S2. The highest BCUT2D eigenvalue weighted by Crippen LogP contribution is 2.33. The lowest BCUT2D eigenvalue weighted by Crippen LogP contribution is -2.27. The van der Waals surface area contributed by atoms with Gasteiger partial charge in [0.1, 0.15) is 0 Å². The molecule has 0 bridgehead atoms. The third-order valence-corrected chi connectivity index (χ3v) is 4.59. The molecule has 1 fully saturated rings. The van der Waals surface area contributed by atoms with Crippen molar-refractivity contribution in [2.45, 2.75) is 0 Å². The quantitative estimate of drug-likeness (QED) is 0.626. The summed E-state index contributed by atoms with van der Waals surface area (Å²) in [4.78, 5) is 26.0. The molecule has 88 valence electrons. The van der Waals surface area contributed by atoms with Crippen molar-refractivity contribution >= 4 is 56.3 Å². The van der Waals surface area contributed by atoms with Gasteiger partial charge in [0.25, 0.3) is 11.1 Å². The first-order valence-electron chi connectivity index (χ1n) is 4.72. The van der Waals surface area contributed by atoms with E-state index < -0.39 is 0 Å². The monoisotopic (exact) mass is 329 g/mol. The molecule has 1 aliphatic heterocycles. The Labute approximate surface area is 115 Å². The second-order valence-electron chi connectivity index (χ2n) is 3.25. The van der Waals surface area contributed by atoms with E-state index in [1.54, 1.807) is 12.2 Å². The zero-order valence-corrected chi connectivity index (χ0v) is 11.9. The average molecular weight is 330 g/mol. The van der Waals surface area contributed by atoms with Gasteiger partial charge in [-0.2, -0.15) is 0 Å². The van der Waals surface area contributed by atoms with Gasteiger partial charge in [-0.15, -0.1) is 17.9 Å². The third kappa shape index (κ3) is 2.70. The molecule has 2 rings (SSSR count). The van der Waals surface area contributed by atoms with Crippen molar-refractivity contribution in [1.29, 1.82) is 0 Å². The Bertz CT molecular complexity index is 521. The second-order valence-corrected chi connectivity index (χ2v) is 6.10. The lowest BCUT2D eigenvalue weighted by molar-refractivity contribution is -0.122. The lowest BCUT2D eigenvalue weighted by atomic mass is 10.3. The van der Waals surface area contributed by atoms with Crippen LogP contribution in [0.3, 0.4) is 0 Å². The minimum atomic E-state index is -0.246. The highest BCUT2D eigenvalue weighted by molar-refractivity contribution is 9.10. The number of hydrogen-bond acceptors (Lipinski definition) is 4. The molecule has 0 atom stereocenters. The molecule has 1 aromatic rings. The van der Waals surface area contributed by atoms with Gasteiger partial charge in [-0.1, -0.05) is 6.08 Å². The normalized spacial score (nSPS) is 18.2. The van der Waals surface area contributed by atoms with Crippen LogP contribution in [0.15, 0.2) is 33.5 Å². The molecule has 0 aromatic carbocycles. The van der Waals surface area contributed by atoms with E-state index in [-0.39, 0.29) is 17.7 Å². The number of amides is 2. The van der Waals surface area contributed by atoms with Gasteiger partial charge in [0, 0.05) is 21.3 Å². The van der Waals surface area contributed by atoms with E-state index in [4.69, 9.17) is 0 Å². The summed E-state index contributed by atoms with van der Waals surface area (Å²) < 4.78 is 0.971. The van der Waals surface area contributed by atoms with E-state index in [9.17, 15) is 9.59 Å². The van der Waals surface area contributed by atoms with E-state index in [2.05, 4.69) is 22.5 Å². The first-order chi connectivity index (χ1) is 8.11. The van der Waals surface area contributed by atoms with Gasteiger partial charge in [0.05, 0.1) is 4.91 Å². The number of thioether (sulfide) groups is 1. The van der Waals surface area contributed by atoms with E-state index >= 15 is 0 Å². The van der Waals surface area contributed by atoms with Gasteiger partial charge >= 0.3 is 0 Å².